The molecule has 2 aliphatic rings. The van der Waals surface area contributed by atoms with Crippen LogP contribution in [0, 0.1) is 10.1 Å². The Bertz CT molecular complexity index is 744. The molecule has 0 unspecified atom stereocenters. The molecule has 2 aliphatic heterocycles. The summed E-state index contributed by atoms with van der Waals surface area (Å²) < 4.78 is 18.9. The van der Waals surface area contributed by atoms with Crippen molar-refractivity contribution in [1.29, 1.82) is 0 Å². The molecule has 0 aromatic heterocycles. The Balaban J connectivity index is 1.75. The molecule has 2 heterocycles. The maximum atomic E-state index is 10.9. The maximum Gasteiger partial charge on any atom is 0.269 e. The van der Waals surface area contributed by atoms with Crippen molar-refractivity contribution in [3.05, 3.63) is 39.9 Å². The molecule has 0 radical (unpaired) electrons. The lowest BCUT2D eigenvalue weighted by atomic mass is 10.1. The Kier molecular flexibility index (Phi) is 5.97. The molecule has 0 spiro atoms. The van der Waals surface area contributed by atoms with Crippen molar-refractivity contribution in [2.24, 2.45) is 0 Å². The molecular formula is C21H34N2O5Si. The number of non-ortho nitro benzene ring substituents is 1. The summed E-state index contributed by atoms with van der Waals surface area (Å²) in [6, 6.07) is 6.85. The van der Waals surface area contributed by atoms with Crippen molar-refractivity contribution in [3.8, 4) is 0 Å². The van der Waals surface area contributed by atoms with Crippen molar-refractivity contribution in [2.75, 3.05) is 13.2 Å². The van der Waals surface area contributed by atoms with Gasteiger partial charge in [-0.1, -0.05) is 32.9 Å². The first kappa shape index (κ1) is 22.4. The van der Waals surface area contributed by atoms with Gasteiger partial charge < -0.3 is 13.9 Å². The van der Waals surface area contributed by atoms with E-state index >= 15 is 0 Å². The molecule has 0 aliphatic carbocycles. The fourth-order valence-corrected chi connectivity index (χ4v) is 4.78. The van der Waals surface area contributed by atoms with E-state index in [9.17, 15) is 10.1 Å². The zero-order valence-electron chi connectivity index (χ0n) is 18.6. The highest BCUT2D eigenvalue weighted by Crippen LogP contribution is 2.40. The highest BCUT2D eigenvalue weighted by molar-refractivity contribution is 6.74. The van der Waals surface area contributed by atoms with Crippen LogP contribution in [0.25, 0.3) is 0 Å². The monoisotopic (exact) mass is 422 g/mol. The zero-order chi connectivity index (χ0) is 21.6. The highest BCUT2D eigenvalue weighted by atomic mass is 28.4. The minimum absolute atomic E-state index is 0.0102. The molecule has 29 heavy (non-hydrogen) atoms. The number of likely N-dealkylation sites (tertiary alicyclic amines) is 1. The van der Waals surface area contributed by atoms with E-state index in [0.717, 1.165) is 12.1 Å². The average molecular weight is 423 g/mol. The lowest BCUT2D eigenvalue weighted by Gasteiger charge is -2.38. The summed E-state index contributed by atoms with van der Waals surface area (Å²) in [6.07, 6.45) is -0.0242. The van der Waals surface area contributed by atoms with E-state index in [1.54, 1.807) is 12.1 Å². The molecule has 3 rings (SSSR count). The first-order chi connectivity index (χ1) is 13.3. The summed E-state index contributed by atoms with van der Waals surface area (Å²) in [4.78, 5) is 12.9. The summed E-state index contributed by atoms with van der Waals surface area (Å²) >= 11 is 0. The minimum atomic E-state index is -1.89. The highest BCUT2D eigenvalue weighted by Gasteiger charge is 2.53. The number of ether oxygens (including phenoxy) is 2. The van der Waals surface area contributed by atoms with Crippen LogP contribution < -0.4 is 0 Å². The van der Waals surface area contributed by atoms with Gasteiger partial charge in [-0.05, 0) is 37.5 Å². The normalized spacial score (nSPS) is 27.2. The summed E-state index contributed by atoms with van der Waals surface area (Å²) in [5, 5.41) is 11.1. The van der Waals surface area contributed by atoms with Gasteiger partial charge in [0.15, 0.2) is 14.1 Å². The van der Waals surface area contributed by atoms with Gasteiger partial charge >= 0.3 is 0 Å². The van der Waals surface area contributed by atoms with Crippen molar-refractivity contribution < 1.29 is 18.8 Å². The molecule has 2 fully saturated rings. The second kappa shape index (κ2) is 7.74. The predicted molar refractivity (Wildman–Crippen MR) is 114 cm³/mol. The third-order valence-corrected chi connectivity index (χ3v) is 10.9. The van der Waals surface area contributed by atoms with Gasteiger partial charge in [0.05, 0.1) is 17.6 Å². The summed E-state index contributed by atoms with van der Waals surface area (Å²) in [6.45, 7) is 17.2. The van der Waals surface area contributed by atoms with Crippen LogP contribution in [0.2, 0.25) is 18.1 Å². The first-order valence-corrected chi connectivity index (χ1v) is 13.2. The smallest absolute Gasteiger partial charge is 0.269 e. The van der Waals surface area contributed by atoms with Crippen molar-refractivity contribution in [1.82, 2.24) is 4.90 Å². The van der Waals surface area contributed by atoms with Crippen LogP contribution in [0.1, 0.15) is 40.2 Å². The number of benzene rings is 1. The number of nitrogens with zero attached hydrogens (tertiary/aromatic N) is 2. The fourth-order valence-electron chi connectivity index (χ4n) is 3.75. The van der Waals surface area contributed by atoms with E-state index in [4.69, 9.17) is 13.9 Å². The van der Waals surface area contributed by atoms with Gasteiger partial charge in [0.2, 0.25) is 0 Å². The van der Waals surface area contributed by atoms with Gasteiger partial charge in [-0.3, -0.25) is 15.0 Å². The SMILES string of the molecule is CC1(C)O[C@H]2[C@H](CN(Cc3ccc([N+](=O)[O-])cc3)[C@@H]2CO[Si](C)(C)C(C)(C)C)O1. The number of nitro benzene ring substituents is 1. The fraction of sp³-hybridized carbons (Fsp3) is 0.714. The molecule has 162 valence electrons. The minimum Gasteiger partial charge on any atom is -0.415 e. The Hall–Kier alpha value is -1.32. The van der Waals surface area contributed by atoms with E-state index in [1.165, 1.54) is 0 Å². The van der Waals surface area contributed by atoms with Crippen LogP contribution >= 0.6 is 0 Å². The number of hydrogen-bond donors (Lipinski definition) is 0. The van der Waals surface area contributed by atoms with Crippen LogP contribution in [-0.4, -0.2) is 55.3 Å². The van der Waals surface area contributed by atoms with E-state index in [0.29, 0.717) is 13.2 Å². The summed E-state index contributed by atoms with van der Waals surface area (Å²) in [5.41, 5.74) is 1.14. The van der Waals surface area contributed by atoms with Gasteiger partial charge in [-0.25, -0.2) is 0 Å². The van der Waals surface area contributed by atoms with Gasteiger partial charge in [-0.2, -0.15) is 0 Å². The van der Waals surface area contributed by atoms with Crippen LogP contribution in [-0.2, 0) is 20.4 Å². The molecule has 1 aromatic rings. The molecular weight excluding hydrogens is 388 g/mol. The molecule has 3 atom stereocenters. The van der Waals surface area contributed by atoms with Crippen LogP contribution in [0.5, 0.6) is 0 Å². The molecule has 0 saturated carbocycles. The maximum absolute atomic E-state index is 10.9. The first-order valence-electron chi connectivity index (χ1n) is 10.3. The number of hydrogen-bond acceptors (Lipinski definition) is 6. The van der Waals surface area contributed by atoms with Gasteiger partial charge in [0.1, 0.15) is 12.2 Å². The molecule has 7 nitrogen and oxygen atoms in total. The van der Waals surface area contributed by atoms with E-state index in [2.05, 4.69) is 38.8 Å². The van der Waals surface area contributed by atoms with Crippen LogP contribution in [0.15, 0.2) is 24.3 Å². The average Bonchev–Trinajstić information content (AvgIpc) is 3.03. The van der Waals surface area contributed by atoms with Gasteiger partial charge in [0.25, 0.3) is 5.69 Å². The molecule has 0 bridgehead atoms. The van der Waals surface area contributed by atoms with Crippen molar-refractivity contribution >= 4 is 14.0 Å². The van der Waals surface area contributed by atoms with Crippen molar-refractivity contribution in [2.45, 2.75) is 83.3 Å². The molecule has 0 amide bonds. The summed E-state index contributed by atoms with van der Waals surface area (Å²) in [5.74, 6) is -0.579. The number of fused-ring (bicyclic) bond motifs is 1. The van der Waals surface area contributed by atoms with Crippen LogP contribution in [0.3, 0.4) is 0 Å². The third-order valence-electron chi connectivity index (χ3n) is 6.44. The lowest BCUT2D eigenvalue weighted by molar-refractivity contribution is -0.384. The summed E-state index contributed by atoms with van der Waals surface area (Å²) in [7, 11) is -1.89. The zero-order valence-corrected chi connectivity index (χ0v) is 19.6. The van der Waals surface area contributed by atoms with Gasteiger partial charge in [-0.15, -0.1) is 0 Å². The van der Waals surface area contributed by atoms with Crippen LogP contribution in [0.4, 0.5) is 5.69 Å². The molecule has 2 saturated heterocycles. The second-order valence-electron chi connectivity index (χ2n) is 10.1. The Morgan fingerprint density at radius 2 is 1.86 bits per heavy atom. The lowest BCUT2D eigenvalue weighted by Crippen LogP contribution is -2.47. The molecule has 0 N–H and O–H groups in total. The molecule has 8 heteroatoms. The van der Waals surface area contributed by atoms with E-state index in [-0.39, 0.29) is 33.9 Å². The largest absolute Gasteiger partial charge is 0.415 e. The number of nitro groups is 1. The Morgan fingerprint density at radius 3 is 2.41 bits per heavy atom. The Morgan fingerprint density at radius 1 is 1.24 bits per heavy atom. The predicted octanol–water partition coefficient (Wildman–Crippen LogP) is 4.32. The standard InChI is InChI=1S/C21H34N2O5Si/c1-20(2,3)29(6,7)26-14-17-19-18(27-21(4,5)28-19)13-22(17)12-15-8-10-16(11-9-15)23(24)25/h8-11,17-19H,12-14H2,1-7H3/t17-,18+,19-/m1/s1. The molecule has 1 aromatic carbocycles. The quantitative estimate of drug-likeness (QED) is 0.386. The second-order valence-corrected chi connectivity index (χ2v) is 14.9. The topological polar surface area (TPSA) is 74.1 Å². The van der Waals surface area contributed by atoms with Gasteiger partial charge in [0, 0.05) is 25.2 Å². The van der Waals surface area contributed by atoms with E-state index in [1.807, 2.05) is 26.0 Å². The number of rotatable bonds is 6. The van der Waals surface area contributed by atoms with E-state index < -0.39 is 14.1 Å². The third kappa shape index (κ3) is 4.88. The Labute approximate surface area is 174 Å². The van der Waals surface area contributed by atoms with Crippen molar-refractivity contribution in [3.63, 3.8) is 0 Å².